The van der Waals surface area contributed by atoms with E-state index in [1.807, 2.05) is 6.07 Å². The molecule has 0 radical (unpaired) electrons. The molecular formula is C24H26ClN5O5S2. The third-order valence-corrected chi connectivity index (χ3v) is 7.30. The number of amides is 2. The number of esters is 1. The normalized spacial score (nSPS) is 10.8. The summed E-state index contributed by atoms with van der Waals surface area (Å²) in [6, 6.07) is 7.08. The number of thiophene rings is 1. The molecule has 0 unspecified atom stereocenters. The molecule has 196 valence electrons. The number of carbonyl (C=O) groups excluding carboxylic acids is 3. The number of nitrogens with one attached hydrogen (secondary N) is 1. The lowest BCUT2D eigenvalue weighted by molar-refractivity contribution is -0.113. The van der Waals surface area contributed by atoms with Crippen molar-refractivity contribution in [3.05, 3.63) is 63.8 Å². The maximum atomic E-state index is 12.8. The minimum absolute atomic E-state index is 0.0395. The second kappa shape index (κ2) is 12.7. The summed E-state index contributed by atoms with van der Waals surface area (Å²) in [7, 11) is 0. The maximum absolute atomic E-state index is 12.8. The molecule has 0 spiro atoms. The van der Waals surface area contributed by atoms with Crippen molar-refractivity contribution in [2.75, 3.05) is 11.1 Å². The van der Waals surface area contributed by atoms with Gasteiger partial charge in [0.1, 0.15) is 17.4 Å². The molecule has 0 fully saturated rings. The molecule has 3 N–H and O–H groups in total. The van der Waals surface area contributed by atoms with E-state index in [1.54, 1.807) is 49.6 Å². The van der Waals surface area contributed by atoms with Crippen LogP contribution in [0, 0.1) is 6.92 Å². The van der Waals surface area contributed by atoms with Crippen LogP contribution in [0.15, 0.2) is 42.1 Å². The van der Waals surface area contributed by atoms with E-state index in [0.29, 0.717) is 33.9 Å². The maximum Gasteiger partial charge on any atom is 0.341 e. The second-order valence-electron chi connectivity index (χ2n) is 7.93. The second-order valence-corrected chi connectivity index (χ2v) is 10.3. The van der Waals surface area contributed by atoms with Gasteiger partial charge in [0.2, 0.25) is 5.91 Å². The van der Waals surface area contributed by atoms with Crippen LogP contribution < -0.4 is 15.8 Å². The van der Waals surface area contributed by atoms with Gasteiger partial charge in [-0.05, 0) is 38.5 Å². The van der Waals surface area contributed by atoms with Crippen molar-refractivity contribution in [1.82, 2.24) is 14.8 Å². The van der Waals surface area contributed by atoms with Crippen molar-refractivity contribution in [2.45, 2.75) is 45.2 Å². The summed E-state index contributed by atoms with van der Waals surface area (Å²) in [6.07, 6.45) is 1.30. The smallest absolute Gasteiger partial charge is 0.341 e. The Morgan fingerprint density at radius 3 is 2.68 bits per heavy atom. The Balaban J connectivity index is 1.72. The summed E-state index contributed by atoms with van der Waals surface area (Å²) in [4.78, 5) is 37.4. The topological polar surface area (TPSA) is 138 Å². The predicted octanol–water partition coefficient (Wildman–Crippen LogP) is 4.46. The SMILES string of the molecule is C=CCn1c(COc2ccccc2Cl)nnc1SCC(=O)Nc1sc(C(N)=O)c(C)c1C(=O)OC(C)C. The van der Waals surface area contributed by atoms with Crippen LogP contribution in [0.25, 0.3) is 0 Å². The molecule has 0 saturated heterocycles. The van der Waals surface area contributed by atoms with Crippen LogP contribution in [0.3, 0.4) is 0 Å². The molecule has 2 heterocycles. The highest BCUT2D eigenvalue weighted by Crippen LogP contribution is 2.34. The number of benzene rings is 1. The molecule has 0 aliphatic carbocycles. The number of hydrogen-bond donors (Lipinski definition) is 2. The van der Waals surface area contributed by atoms with Crippen molar-refractivity contribution < 1.29 is 23.9 Å². The van der Waals surface area contributed by atoms with E-state index in [0.717, 1.165) is 23.1 Å². The first-order chi connectivity index (χ1) is 17.6. The zero-order chi connectivity index (χ0) is 27.1. The van der Waals surface area contributed by atoms with E-state index in [1.165, 1.54) is 0 Å². The largest absolute Gasteiger partial charge is 0.484 e. The van der Waals surface area contributed by atoms with Gasteiger partial charge >= 0.3 is 5.97 Å². The standard InChI is InChI=1S/C24H26ClN5O5S2/c1-5-10-30-17(11-34-16-9-7-6-8-15(16)25)28-29-24(30)36-12-18(31)27-22-19(23(33)35-13(2)3)14(4)20(37-22)21(26)32/h5-9,13H,1,10-12H2,2-4H3,(H2,26,32)(H,27,31). The number of carbonyl (C=O) groups is 3. The van der Waals surface area contributed by atoms with Crippen molar-refractivity contribution in [3.63, 3.8) is 0 Å². The number of nitrogens with zero attached hydrogens (tertiary/aromatic N) is 3. The van der Waals surface area contributed by atoms with Crippen LogP contribution in [-0.2, 0) is 22.7 Å². The molecule has 0 aliphatic heterocycles. The first-order valence-corrected chi connectivity index (χ1v) is 13.3. The van der Waals surface area contributed by atoms with E-state index in [9.17, 15) is 14.4 Å². The fraction of sp³-hybridized carbons (Fsp3) is 0.292. The summed E-state index contributed by atoms with van der Waals surface area (Å²) in [5.41, 5.74) is 5.91. The van der Waals surface area contributed by atoms with E-state index >= 15 is 0 Å². The van der Waals surface area contributed by atoms with Crippen LogP contribution in [-0.4, -0.2) is 44.4 Å². The lowest BCUT2D eigenvalue weighted by Crippen LogP contribution is -2.18. The lowest BCUT2D eigenvalue weighted by Gasteiger charge is -2.11. The highest BCUT2D eigenvalue weighted by atomic mass is 35.5. The van der Waals surface area contributed by atoms with E-state index in [2.05, 4.69) is 22.1 Å². The van der Waals surface area contributed by atoms with Gasteiger partial charge in [0.25, 0.3) is 5.91 Å². The van der Waals surface area contributed by atoms with Crippen LogP contribution in [0.4, 0.5) is 5.00 Å². The Bertz CT molecular complexity index is 1320. The van der Waals surface area contributed by atoms with Gasteiger partial charge in [0.15, 0.2) is 11.0 Å². The minimum Gasteiger partial charge on any atom is -0.484 e. The van der Waals surface area contributed by atoms with Crippen molar-refractivity contribution in [2.24, 2.45) is 5.73 Å². The first kappa shape index (κ1) is 28.2. The minimum atomic E-state index is -0.694. The summed E-state index contributed by atoms with van der Waals surface area (Å²) >= 11 is 8.22. The quantitative estimate of drug-likeness (QED) is 0.187. The molecule has 3 aromatic rings. The zero-order valence-electron chi connectivity index (χ0n) is 20.4. The molecule has 10 nitrogen and oxygen atoms in total. The van der Waals surface area contributed by atoms with Crippen molar-refractivity contribution >= 4 is 57.5 Å². The molecule has 0 saturated carbocycles. The Morgan fingerprint density at radius 2 is 2.03 bits per heavy atom. The van der Waals surface area contributed by atoms with Crippen LogP contribution in [0.2, 0.25) is 5.02 Å². The molecule has 37 heavy (non-hydrogen) atoms. The molecule has 2 amide bonds. The summed E-state index contributed by atoms with van der Waals surface area (Å²) in [6.45, 7) is 9.27. The van der Waals surface area contributed by atoms with Gasteiger partial charge in [-0.1, -0.05) is 41.6 Å². The third kappa shape index (κ3) is 7.12. The molecule has 1 aromatic carbocycles. The van der Waals surface area contributed by atoms with Gasteiger partial charge < -0.3 is 20.5 Å². The van der Waals surface area contributed by atoms with Gasteiger partial charge in [-0.25, -0.2) is 4.79 Å². The van der Waals surface area contributed by atoms with Crippen molar-refractivity contribution in [3.8, 4) is 5.75 Å². The monoisotopic (exact) mass is 563 g/mol. The van der Waals surface area contributed by atoms with Crippen molar-refractivity contribution in [1.29, 1.82) is 0 Å². The van der Waals surface area contributed by atoms with Crippen LogP contribution in [0.1, 0.15) is 45.3 Å². The number of aromatic nitrogens is 3. The Labute approximate surface area is 227 Å². The molecule has 13 heteroatoms. The molecule has 0 bridgehead atoms. The fourth-order valence-electron chi connectivity index (χ4n) is 3.20. The molecular weight excluding hydrogens is 538 g/mol. The van der Waals surface area contributed by atoms with Gasteiger partial charge in [-0.15, -0.1) is 28.1 Å². The van der Waals surface area contributed by atoms with E-state index < -0.39 is 17.8 Å². The van der Waals surface area contributed by atoms with Crippen LogP contribution in [0.5, 0.6) is 5.75 Å². The summed E-state index contributed by atoms with van der Waals surface area (Å²) < 4.78 is 12.8. The number of rotatable bonds is 12. The number of allylic oxidation sites excluding steroid dienone is 1. The van der Waals surface area contributed by atoms with Gasteiger partial charge in [-0.2, -0.15) is 0 Å². The van der Waals surface area contributed by atoms with Gasteiger partial charge in [0, 0.05) is 6.54 Å². The van der Waals surface area contributed by atoms with E-state index in [-0.39, 0.29) is 33.9 Å². The lowest BCUT2D eigenvalue weighted by atomic mass is 10.1. The number of primary amides is 1. The fourth-order valence-corrected chi connectivity index (χ4v) is 5.22. The first-order valence-electron chi connectivity index (χ1n) is 11.1. The molecule has 0 aliphatic rings. The Morgan fingerprint density at radius 1 is 1.30 bits per heavy atom. The number of thioether (sulfide) groups is 1. The molecule has 2 aromatic heterocycles. The average molecular weight is 564 g/mol. The highest BCUT2D eigenvalue weighted by molar-refractivity contribution is 7.99. The summed E-state index contributed by atoms with van der Waals surface area (Å²) in [5.74, 6) is -0.751. The molecule has 3 rings (SSSR count). The number of para-hydroxylation sites is 1. The number of halogens is 1. The number of anilines is 1. The molecule has 0 atom stereocenters. The highest BCUT2D eigenvalue weighted by Gasteiger charge is 2.26. The Hall–Kier alpha value is -3.35. The van der Waals surface area contributed by atoms with Gasteiger partial charge in [-0.3, -0.25) is 14.2 Å². The predicted molar refractivity (Wildman–Crippen MR) is 143 cm³/mol. The Kier molecular flexibility index (Phi) is 9.73. The van der Waals surface area contributed by atoms with E-state index in [4.69, 9.17) is 26.8 Å². The number of nitrogens with two attached hydrogens (primary N) is 1. The summed E-state index contributed by atoms with van der Waals surface area (Å²) in [5, 5.41) is 12.2. The zero-order valence-corrected chi connectivity index (χ0v) is 22.8. The van der Waals surface area contributed by atoms with Crippen LogP contribution >= 0.6 is 34.7 Å². The number of ether oxygens (including phenoxy) is 2. The van der Waals surface area contributed by atoms with Gasteiger partial charge in [0.05, 0.1) is 27.3 Å². The number of hydrogen-bond acceptors (Lipinski definition) is 9. The average Bonchev–Trinajstić information content (AvgIpc) is 3.37. The third-order valence-electron chi connectivity index (χ3n) is 4.80.